The van der Waals surface area contributed by atoms with E-state index in [0.29, 0.717) is 19.1 Å². The van der Waals surface area contributed by atoms with Crippen LogP contribution in [0.4, 0.5) is 0 Å². The van der Waals surface area contributed by atoms with Gasteiger partial charge in [-0.2, -0.15) is 0 Å². The highest BCUT2D eigenvalue weighted by Gasteiger charge is 2.43. The molecule has 0 radical (unpaired) electrons. The molecule has 3 heteroatoms. The molecule has 2 aliphatic carbocycles. The predicted octanol–water partition coefficient (Wildman–Crippen LogP) is 1.29. The van der Waals surface area contributed by atoms with E-state index in [0.717, 1.165) is 25.4 Å². The highest BCUT2D eigenvalue weighted by atomic mass is 16.5. The molecule has 2 aliphatic rings. The molecular formula is C12H23NO2. The van der Waals surface area contributed by atoms with Gasteiger partial charge in [0.1, 0.15) is 5.60 Å². The first-order valence-corrected chi connectivity index (χ1v) is 6.25. The van der Waals surface area contributed by atoms with Crippen molar-refractivity contribution in [1.82, 2.24) is 0 Å². The van der Waals surface area contributed by atoms with Crippen LogP contribution < -0.4 is 5.73 Å². The number of nitrogens with two attached hydrogens (primary N) is 1. The molecule has 88 valence electrons. The van der Waals surface area contributed by atoms with Crippen molar-refractivity contribution in [2.24, 2.45) is 17.6 Å². The van der Waals surface area contributed by atoms with Crippen LogP contribution in [0, 0.1) is 11.8 Å². The van der Waals surface area contributed by atoms with Gasteiger partial charge in [-0.05, 0) is 37.5 Å². The fourth-order valence-corrected chi connectivity index (χ4v) is 2.54. The zero-order valence-electron chi connectivity index (χ0n) is 9.45. The van der Waals surface area contributed by atoms with Crippen LogP contribution in [0.5, 0.6) is 0 Å². The van der Waals surface area contributed by atoms with Crippen molar-refractivity contribution in [1.29, 1.82) is 0 Å². The van der Waals surface area contributed by atoms with Gasteiger partial charge in [-0.25, -0.2) is 0 Å². The molecule has 0 aromatic carbocycles. The lowest BCUT2D eigenvalue weighted by molar-refractivity contribution is -0.0615. The summed E-state index contributed by atoms with van der Waals surface area (Å²) < 4.78 is 5.64. The van der Waals surface area contributed by atoms with E-state index in [-0.39, 0.29) is 0 Å². The number of ether oxygens (including phenoxy) is 1. The van der Waals surface area contributed by atoms with Crippen LogP contribution in [0.15, 0.2) is 0 Å². The van der Waals surface area contributed by atoms with Crippen molar-refractivity contribution >= 4 is 0 Å². The molecule has 15 heavy (non-hydrogen) atoms. The van der Waals surface area contributed by atoms with Crippen molar-refractivity contribution in [3.05, 3.63) is 0 Å². The Hall–Kier alpha value is -0.120. The van der Waals surface area contributed by atoms with Crippen molar-refractivity contribution in [2.75, 3.05) is 19.8 Å². The van der Waals surface area contributed by atoms with Crippen molar-refractivity contribution < 1.29 is 9.84 Å². The van der Waals surface area contributed by atoms with Gasteiger partial charge in [0.25, 0.3) is 0 Å². The molecule has 0 spiro atoms. The van der Waals surface area contributed by atoms with Crippen molar-refractivity contribution in [3.8, 4) is 0 Å². The van der Waals surface area contributed by atoms with E-state index in [1.807, 2.05) is 0 Å². The van der Waals surface area contributed by atoms with Crippen molar-refractivity contribution in [3.63, 3.8) is 0 Å². The molecular weight excluding hydrogens is 190 g/mol. The van der Waals surface area contributed by atoms with E-state index in [9.17, 15) is 5.11 Å². The van der Waals surface area contributed by atoms with E-state index >= 15 is 0 Å². The minimum absolute atomic E-state index is 0.336. The summed E-state index contributed by atoms with van der Waals surface area (Å²) in [6.07, 6.45) is 7.51. The number of rotatable bonds is 6. The second-order valence-corrected chi connectivity index (χ2v) is 5.25. The molecule has 1 unspecified atom stereocenters. The standard InChI is InChI=1S/C12H23NO2/c13-8-12(14,11-5-6-11)9-15-7-10-3-1-2-4-10/h10-11,14H,1-9,13H2. The Kier molecular flexibility index (Phi) is 3.65. The van der Waals surface area contributed by atoms with Crippen molar-refractivity contribution in [2.45, 2.75) is 44.1 Å². The first kappa shape index (κ1) is 11.4. The summed E-state index contributed by atoms with van der Waals surface area (Å²) in [6.45, 7) is 1.59. The summed E-state index contributed by atoms with van der Waals surface area (Å²) in [7, 11) is 0. The van der Waals surface area contributed by atoms with Gasteiger partial charge in [0, 0.05) is 13.2 Å². The molecule has 2 fully saturated rings. The van der Waals surface area contributed by atoms with Gasteiger partial charge in [0.15, 0.2) is 0 Å². The molecule has 0 aromatic rings. The third-order valence-electron chi connectivity index (χ3n) is 3.87. The monoisotopic (exact) mass is 213 g/mol. The Balaban J connectivity index is 1.66. The molecule has 1 atom stereocenters. The molecule has 2 saturated carbocycles. The maximum atomic E-state index is 10.2. The number of hydrogen-bond donors (Lipinski definition) is 2. The zero-order chi connectivity index (χ0) is 10.7. The normalized spacial score (nSPS) is 26.8. The maximum Gasteiger partial charge on any atom is 0.103 e. The summed E-state index contributed by atoms with van der Waals surface area (Å²) >= 11 is 0. The highest BCUT2D eigenvalue weighted by Crippen LogP contribution is 2.39. The first-order chi connectivity index (χ1) is 7.24. The van der Waals surface area contributed by atoms with E-state index in [2.05, 4.69) is 0 Å². The van der Waals surface area contributed by atoms with E-state index in [1.54, 1.807) is 0 Å². The molecule has 3 N–H and O–H groups in total. The number of aliphatic hydroxyl groups is 1. The van der Waals surface area contributed by atoms with Crippen LogP contribution in [-0.4, -0.2) is 30.5 Å². The molecule has 0 aliphatic heterocycles. The smallest absolute Gasteiger partial charge is 0.103 e. The van der Waals surface area contributed by atoms with Gasteiger partial charge in [0.05, 0.1) is 6.61 Å². The minimum atomic E-state index is -0.737. The number of hydrogen-bond acceptors (Lipinski definition) is 3. The van der Waals surface area contributed by atoms with Crippen LogP contribution >= 0.6 is 0 Å². The Morgan fingerprint density at radius 3 is 2.40 bits per heavy atom. The first-order valence-electron chi connectivity index (χ1n) is 6.25. The minimum Gasteiger partial charge on any atom is -0.386 e. The molecule has 2 rings (SSSR count). The second-order valence-electron chi connectivity index (χ2n) is 5.25. The third-order valence-corrected chi connectivity index (χ3v) is 3.87. The third kappa shape index (κ3) is 2.92. The van der Waals surface area contributed by atoms with Gasteiger partial charge in [-0.1, -0.05) is 12.8 Å². The van der Waals surface area contributed by atoms with Crippen LogP contribution in [-0.2, 0) is 4.74 Å². The topological polar surface area (TPSA) is 55.5 Å². The molecule has 0 bridgehead atoms. The quantitative estimate of drug-likeness (QED) is 0.699. The van der Waals surface area contributed by atoms with Gasteiger partial charge >= 0.3 is 0 Å². The Morgan fingerprint density at radius 2 is 1.87 bits per heavy atom. The molecule has 0 aromatic heterocycles. The summed E-state index contributed by atoms with van der Waals surface area (Å²) in [4.78, 5) is 0. The van der Waals surface area contributed by atoms with E-state index in [4.69, 9.17) is 10.5 Å². The molecule has 0 heterocycles. The predicted molar refractivity (Wildman–Crippen MR) is 59.5 cm³/mol. The largest absolute Gasteiger partial charge is 0.386 e. The summed E-state index contributed by atoms with van der Waals surface area (Å²) in [5.74, 6) is 1.12. The molecule has 0 amide bonds. The zero-order valence-corrected chi connectivity index (χ0v) is 9.45. The SMILES string of the molecule is NCC(O)(COCC1CCCC1)C1CC1. The van der Waals surface area contributed by atoms with Crippen LogP contribution in [0.25, 0.3) is 0 Å². The van der Waals surface area contributed by atoms with Gasteiger partial charge < -0.3 is 15.6 Å². The Morgan fingerprint density at radius 1 is 1.20 bits per heavy atom. The summed E-state index contributed by atoms with van der Waals surface area (Å²) in [5, 5.41) is 10.2. The Labute approximate surface area is 92.0 Å². The fraction of sp³-hybridized carbons (Fsp3) is 1.00. The van der Waals surface area contributed by atoms with Crippen LogP contribution in [0.3, 0.4) is 0 Å². The van der Waals surface area contributed by atoms with E-state index in [1.165, 1.54) is 25.7 Å². The maximum absolute atomic E-state index is 10.2. The lowest BCUT2D eigenvalue weighted by atomic mass is 9.99. The second kappa shape index (κ2) is 4.81. The molecule has 0 saturated heterocycles. The Bertz CT molecular complexity index is 200. The van der Waals surface area contributed by atoms with Gasteiger partial charge in [-0.3, -0.25) is 0 Å². The summed E-state index contributed by atoms with van der Waals surface area (Å²) in [5.41, 5.74) is 4.87. The average Bonchev–Trinajstić information content (AvgIpc) is 2.98. The highest BCUT2D eigenvalue weighted by molar-refractivity contribution is 4.95. The van der Waals surface area contributed by atoms with E-state index < -0.39 is 5.60 Å². The summed E-state index contributed by atoms with van der Waals surface area (Å²) in [6, 6.07) is 0. The van der Waals surface area contributed by atoms with Crippen LogP contribution in [0.2, 0.25) is 0 Å². The lowest BCUT2D eigenvalue weighted by Crippen LogP contribution is -2.44. The van der Waals surface area contributed by atoms with Gasteiger partial charge in [-0.15, -0.1) is 0 Å². The fourth-order valence-electron chi connectivity index (χ4n) is 2.54. The molecule has 3 nitrogen and oxygen atoms in total. The lowest BCUT2D eigenvalue weighted by Gasteiger charge is -2.26. The average molecular weight is 213 g/mol. The van der Waals surface area contributed by atoms with Gasteiger partial charge in [0.2, 0.25) is 0 Å². The van der Waals surface area contributed by atoms with Crippen LogP contribution in [0.1, 0.15) is 38.5 Å².